The summed E-state index contributed by atoms with van der Waals surface area (Å²) < 4.78 is 5.27. The summed E-state index contributed by atoms with van der Waals surface area (Å²) in [7, 11) is 0. The first-order valence-electron chi connectivity index (χ1n) is 5.49. The van der Waals surface area contributed by atoms with Crippen LogP contribution >= 0.6 is 11.3 Å². The zero-order chi connectivity index (χ0) is 13.9. The van der Waals surface area contributed by atoms with Crippen LogP contribution in [0.4, 0.5) is 0 Å². The van der Waals surface area contributed by atoms with Crippen LogP contribution in [-0.4, -0.2) is 22.6 Å². The minimum Gasteiger partial charge on any atom is -0.481 e. The maximum atomic E-state index is 12.0. The van der Waals surface area contributed by atoms with E-state index in [9.17, 15) is 9.59 Å². The summed E-state index contributed by atoms with van der Waals surface area (Å²) in [5.74, 6) is -1.49. The van der Waals surface area contributed by atoms with Gasteiger partial charge in [0.15, 0.2) is 0 Å². The number of esters is 1. The fourth-order valence-electron chi connectivity index (χ4n) is 1.43. The van der Waals surface area contributed by atoms with Gasteiger partial charge in [0.1, 0.15) is 5.60 Å². The van der Waals surface area contributed by atoms with Gasteiger partial charge in [-0.15, -0.1) is 11.3 Å². The standard InChI is InChI=1S/C12H17NO4S/c1-12(2,3)17-11(16)10-7(5-13)6-18-8(10)4-9(14)15/h6H,4-5,13H2,1-3H3,(H,14,15). The van der Waals surface area contributed by atoms with Gasteiger partial charge in [0.2, 0.25) is 0 Å². The highest BCUT2D eigenvalue weighted by Gasteiger charge is 2.25. The number of thiophene rings is 1. The largest absolute Gasteiger partial charge is 0.481 e. The van der Waals surface area contributed by atoms with Gasteiger partial charge in [0.05, 0.1) is 12.0 Å². The Hall–Kier alpha value is -1.40. The van der Waals surface area contributed by atoms with Crippen molar-refractivity contribution in [1.82, 2.24) is 0 Å². The fourth-order valence-corrected chi connectivity index (χ4v) is 2.47. The molecule has 1 heterocycles. The van der Waals surface area contributed by atoms with Crippen LogP contribution in [0.25, 0.3) is 0 Å². The summed E-state index contributed by atoms with van der Waals surface area (Å²) in [6.45, 7) is 5.47. The molecule has 100 valence electrons. The highest BCUT2D eigenvalue weighted by molar-refractivity contribution is 7.10. The highest BCUT2D eigenvalue weighted by Crippen LogP contribution is 2.25. The number of carbonyl (C=O) groups excluding carboxylic acids is 1. The Morgan fingerprint density at radius 3 is 2.50 bits per heavy atom. The van der Waals surface area contributed by atoms with E-state index in [2.05, 4.69) is 0 Å². The molecule has 0 atom stereocenters. The van der Waals surface area contributed by atoms with E-state index >= 15 is 0 Å². The summed E-state index contributed by atoms with van der Waals surface area (Å²) in [5, 5.41) is 10.5. The van der Waals surface area contributed by atoms with Gasteiger partial charge in [-0.3, -0.25) is 4.79 Å². The second-order valence-corrected chi connectivity index (χ2v) is 5.80. The van der Waals surface area contributed by atoms with Crippen LogP contribution in [0.2, 0.25) is 0 Å². The molecule has 0 fully saturated rings. The van der Waals surface area contributed by atoms with E-state index < -0.39 is 17.5 Å². The Morgan fingerprint density at radius 2 is 2.06 bits per heavy atom. The van der Waals surface area contributed by atoms with Crippen molar-refractivity contribution in [3.8, 4) is 0 Å². The van der Waals surface area contributed by atoms with Gasteiger partial charge in [-0.05, 0) is 31.7 Å². The molecule has 0 spiro atoms. The van der Waals surface area contributed by atoms with E-state index in [1.807, 2.05) is 0 Å². The van der Waals surface area contributed by atoms with Crippen molar-refractivity contribution in [2.45, 2.75) is 39.3 Å². The lowest BCUT2D eigenvalue weighted by Gasteiger charge is -2.20. The summed E-state index contributed by atoms with van der Waals surface area (Å²) >= 11 is 1.22. The maximum Gasteiger partial charge on any atom is 0.340 e. The Kier molecular flexibility index (Phi) is 4.48. The number of nitrogens with two attached hydrogens (primary N) is 1. The van der Waals surface area contributed by atoms with Crippen LogP contribution < -0.4 is 5.73 Å². The van der Waals surface area contributed by atoms with Crippen LogP contribution in [0, 0.1) is 0 Å². The lowest BCUT2D eigenvalue weighted by atomic mass is 10.1. The molecule has 0 aliphatic rings. The molecule has 0 aromatic carbocycles. The van der Waals surface area contributed by atoms with Crippen LogP contribution in [0.3, 0.4) is 0 Å². The predicted octanol–water partition coefficient (Wildman–Crippen LogP) is 1.79. The molecule has 0 unspecified atom stereocenters. The number of ether oxygens (including phenoxy) is 1. The Bertz CT molecular complexity index is 459. The van der Waals surface area contributed by atoms with Crippen molar-refractivity contribution in [3.05, 3.63) is 21.4 Å². The molecule has 18 heavy (non-hydrogen) atoms. The van der Waals surface area contributed by atoms with Crippen molar-refractivity contribution >= 4 is 23.3 Å². The van der Waals surface area contributed by atoms with Gasteiger partial charge in [-0.2, -0.15) is 0 Å². The van der Waals surface area contributed by atoms with Crippen LogP contribution in [0.1, 0.15) is 41.6 Å². The number of hydrogen-bond donors (Lipinski definition) is 2. The van der Waals surface area contributed by atoms with E-state index in [0.29, 0.717) is 16.0 Å². The van der Waals surface area contributed by atoms with Crippen molar-refractivity contribution in [2.75, 3.05) is 0 Å². The van der Waals surface area contributed by atoms with Crippen LogP contribution in [0.15, 0.2) is 5.38 Å². The second kappa shape index (κ2) is 5.49. The molecule has 5 nitrogen and oxygen atoms in total. The molecule has 0 amide bonds. The SMILES string of the molecule is CC(C)(C)OC(=O)c1c(CN)csc1CC(=O)O. The number of hydrogen-bond acceptors (Lipinski definition) is 5. The monoisotopic (exact) mass is 271 g/mol. The summed E-state index contributed by atoms with van der Waals surface area (Å²) in [6.07, 6.45) is -0.195. The van der Waals surface area contributed by atoms with Gasteiger partial charge in [0.25, 0.3) is 0 Å². The third-order valence-corrected chi connectivity index (χ3v) is 3.11. The molecule has 0 aliphatic heterocycles. The first-order chi connectivity index (χ1) is 8.24. The smallest absolute Gasteiger partial charge is 0.340 e. The van der Waals surface area contributed by atoms with Gasteiger partial charge < -0.3 is 15.6 Å². The van der Waals surface area contributed by atoms with Crippen molar-refractivity contribution in [2.24, 2.45) is 5.73 Å². The zero-order valence-corrected chi connectivity index (χ0v) is 11.5. The first-order valence-corrected chi connectivity index (χ1v) is 6.37. The Morgan fingerprint density at radius 1 is 1.44 bits per heavy atom. The lowest BCUT2D eigenvalue weighted by molar-refractivity contribution is -0.136. The molecule has 0 radical (unpaired) electrons. The van der Waals surface area contributed by atoms with E-state index in [4.69, 9.17) is 15.6 Å². The van der Waals surface area contributed by atoms with Crippen LogP contribution in [-0.2, 0) is 22.5 Å². The number of carboxylic acid groups (broad SMARTS) is 1. The molecular weight excluding hydrogens is 254 g/mol. The first kappa shape index (κ1) is 14.7. The molecule has 0 saturated carbocycles. The molecule has 1 aromatic rings. The molecule has 0 aliphatic carbocycles. The number of carbonyl (C=O) groups is 2. The predicted molar refractivity (Wildman–Crippen MR) is 68.7 cm³/mol. The maximum absolute atomic E-state index is 12.0. The van der Waals surface area contributed by atoms with Crippen molar-refractivity contribution in [1.29, 1.82) is 0 Å². The van der Waals surface area contributed by atoms with Gasteiger partial charge >= 0.3 is 11.9 Å². The van der Waals surface area contributed by atoms with Gasteiger partial charge in [-0.25, -0.2) is 4.79 Å². The minimum atomic E-state index is -0.981. The Labute approximate surface area is 110 Å². The topological polar surface area (TPSA) is 89.6 Å². The van der Waals surface area contributed by atoms with Crippen LogP contribution in [0.5, 0.6) is 0 Å². The fraction of sp³-hybridized carbons (Fsp3) is 0.500. The number of aliphatic carboxylic acids is 1. The zero-order valence-electron chi connectivity index (χ0n) is 10.6. The molecule has 0 saturated heterocycles. The quantitative estimate of drug-likeness (QED) is 0.815. The number of rotatable bonds is 4. The normalized spacial score (nSPS) is 11.3. The summed E-state index contributed by atoms with van der Waals surface area (Å²) in [5.41, 5.74) is 5.86. The second-order valence-electron chi connectivity index (χ2n) is 4.84. The van der Waals surface area contributed by atoms with E-state index in [1.165, 1.54) is 11.3 Å². The third kappa shape index (κ3) is 3.82. The third-order valence-electron chi connectivity index (χ3n) is 2.08. The average Bonchev–Trinajstić information content (AvgIpc) is 2.57. The molecule has 1 aromatic heterocycles. The summed E-state index contributed by atoms with van der Waals surface area (Å²) in [6, 6.07) is 0. The van der Waals surface area contributed by atoms with Crippen molar-refractivity contribution in [3.63, 3.8) is 0 Å². The Balaban J connectivity index is 3.07. The van der Waals surface area contributed by atoms with E-state index in [0.717, 1.165) is 0 Å². The van der Waals surface area contributed by atoms with E-state index in [1.54, 1.807) is 26.2 Å². The lowest BCUT2D eigenvalue weighted by Crippen LogP contribution is -2.25. The molecular formula is C12H17NO4S. The van der Waals surface area contributed by atoms with Gasteiger partial charge in [-0.1, -0.05) is 0 Å². The minimum absolute atomic E-state index is 0.185. The molecule has 3 N–H and O–H groups in total. The summed E-state index contributed by atoms with van der Waals surface area (Å²) in [4.78, 5) is 23.3. The molecule has 0 bridgehead atoms. The number of carboxylic acids is 1. The molecule has 1 rings (SSSR count). The molecule has 6 heteroatoms. The average molecular weight is 271 g/mol. The highest BCUT2D eigenvalue weighted by atomic mass is 32.1. The van der Waals surface area contributed by atoms with Crippen molar-refractivity contribution < 1.29 is 19.4 Å². The van der Waals surface area contributed by atoms with E-state index in [-0.39, 0.29) is 13.0 Å². The van der Waals surface area contributed by atoms with Gasteiger partial charge in [0, 0.05) is 11.4 Å².